The predicted molar refractivity (Wildman–Crippen MR) is 133 cm³/mol. The Labute approximate surface area is 205 Å². The van der Waals surface area contributed by atoms with Crippen LogP contribution in [0.3, 0.4) is 0 Å². The van der Waals surface area contributed by atoms with Gasteiger partial charge in [-0.15, -0.1) is 0 Å². The maximum Gasteiger partial charge on any atom is 0.269 e. The molecule has 3 N–H and O–H groups in total. The van der Waals surface area contributed by atoms with Crippen LogP contribution >= 0.6 is 11.6 Å². The Morgan fingerprint density at radius 1 is 1.15 bits per heavy atom. The number of carbonyl (C=O) groups is 1. The summed E-state index contributed by atoms with van der Waals surface area (Å²) in [6.45, 7) is 6.71. The summed E-state index contributed by atoms with van der Waals surface area (Å²) in [5, 5.41) is 12.8. The number of aliphatic hydroxyl groups excluding tert-OH is 1. The van der Waals surface area contributed by atoms with Gasteiger partial charge in [-0.1, -0.05) is 17.7 Å². The smallest absolute Gasteiger partial charge is 0.269 e. The number of aromatic amines is 1. The molecule has 1 aliphatic heterocycles. The standard InChI is InChI=1S/C25H30ClN3O4S/c1-16-11-17(2)13-20(12-16)34(32,33)24-21-14-19(26)3-4-22(21)28-23(24)25(31)27-15-18-5-7-29(8-6-18)9-10-30/h3-4,11-14,18,28,30H,5-10,15H2,1-2H3,(H,27,31). The summed E-state index contributed by atoms with van der Waals surface area (Å²) in [4.78, 5) is 18.6. The lowest BCUT2D eigenvalue weighted by atomic mass is 9.97. The molecule has 2 aromatic carbocycles. The van der Waals surface area contributed by atoms with Crippen LogP contribution < -0.4 is 5.32 Å². The van der Waals surface area contributed by atoms with Crippen LogP contribution in [0.1, 0.15) is 34.5 Å². The fraction of sp³-hybridized carbons (Fsp3) is 0.400. The number of nitrogens with zero attached hydrogens (tertiary/aromatic N) is 1. The number of H-pyrrole nitrogens is 1. The molecule has 0 aliphatic carbocycles. The van der Waals surface area contributed by atoms with Gasteiger partial charge in [0.15, 0.2) is 0 Å². The number of benzene rings is 2. The van der Waals surface area contributed by atoms with Crippen LogP contribution in [0.4, 0.5) is 0 Å². The molecule has 9 heteroatoms. The van der Waals surface area contributed by atoms with Crippen molar-refractivity contribution in [1.29, 1.82) is 0 Å². The van der Waals surface area contributed by atoms with E-state index in [2.05, 4.69) is 15.2 Å². The van der Waals surface area contributed by atoms with Gasteiger partial charge in [0.1, 0.15) is 10.6 Å². The maximum absolute atomic E-state index is 13.8. The minimum absolute atomic E-state index is 0.0224. The Morgan fingerprint density at radius 2 is 1.82 bits per heavy atom. The number of nitrogens with one attached hydrogen (secondary N) is 2. The Kier molecular flexibility index (Phi) is 7.33. The van der Waals surface area contributed by atoms with Gasteiger partial charge >= 0.3 is 0 Å². The van der Waals surface area contributed by atoms with Gasteiger partial charge in [-0.3, -0.25) is 4.79 Å². The number of amides is 1. The molecule has 34 heavy (non-hydrogen) atoms. The number of halogens is 1. The second kappa shape index (κ2) is 10.1. The van der Waals surface area contributed by atoms with E-state index in [4.69, 9.17) is 16.7 Å². The van der Waals surface area contributed by atoms with Gasteiger partial charge in [0.2, 0.25) is 9.84 Å². The van der Waals surface area contributed by atoms with E-state index >= 15 is 0 Å². The third kappa shape index (κ3) is 5.15. The van der Waals surface area contributed by atoms with E-state index in [9.17, 15) is 13.2 Å². The van der Waals surface area contributed by atoms with Crippen LogP contribution in [0.2, 0.25) is 5.02 Å². The zero-order valence-corrected chi connectivity index (χ0v) is 21.0. The molecule has 2 heterocycles. The molecule has 3 aromatic rings. The minimum atomic E-state index is -4.00. The van der Waals surface area contributed by atoms with Crippen molar-refractivity contribution >= 4 is 38.2 Å². The van der Waals surface area contributed by atoms with E-state index in [-0.39, 0.29) is 22.1 Å². The molecule has 1 saturated heterocycles. The summed E-state index contributed by atoms with van der Waals surface area (Å²) in [5.74, 6) is -0.148. The van der Waals surface area contributed by atoms with Crippen LogP contribution in [0.5, 0.6) is 0 Å². The van der Waals surface area contributed by atoms with Gasteiger partial charge in [-0.2, -0.15) is 0 Å². The number of hydrogen-bond donors (Lipinski definition) is 3. The van der Waals surface area contributed by atoms with E-state index in [1.54, 1.807) is 30.3 Å². The largest absolute Gasteiger partial charge is 0.395 e. The van der Waals surface area contributed by atoms with Gasteiger partial charge in [0.25, 0.3) is 5.91 Å². The van der Waals surface area contributed by atoms with E-state index in [1.807, 2.05) is 19.9 Å². The number of fused-ring (bicyclic) bond motifs is 1. The van der Waals surface area contributed by atoms with Crippen molar-refractivity contribution in [2.75, 3.05) is 32.8 Å². The molecule has 0 radical (unpaired) electrons. The van der Waals surface area contributed by atoms with Crippen molar-refractivity contribution in [2.45, 2.75) is 36.5 Å². The van der Waals surface area contributed by atoms with Gasteiger partial charge < -0.3 is 20.3 Å². The molecule has 0 atom stereocenters. The average molecular weight is 504 g/mol. The molecule has 0 unspecified atom stereocenters. The molecule has 0 spiro atoms. The third-order valence-corrected chi connectivity index (χ3v) is 8.44. The molecule has 1 aromatic heterocycles. The van der Waals surface area contributed by atoms with Gasteiger partial charge in [-0.25, -0.2) is 8.42 Å². The van der Waals surface area contributed by atoms with Crippen LogP contribution in [-0.2, 0) is 9.84 Å². The molecule has 182 valence electrons. The molecule has 0 bridgehead atoms. The number of sulfone groups is 1. The molecule has 4 rings (SSSR count). The topological polar surface area (TPSA) is 102 Å². The number of aryl methyl sites for hydroxylation is 2. The summed E-state index contributed by atoms with van der Waals surface area (Å²) in [7, 11) is -4.00. The molecule has 1 amide bonds. The quantitative estimate of drug-likeness (QED) is 0.456. The number of β-amino-alcohol motifs (C(OH)–C–C–N with tert-alkyl or cyclic N) is 1. The third-order valence-electron chi connectivity index (χ3n) is 6.39. The highest BCUT2D eigenvalue weighted by atomic mass is 35.5. The van der Waals surface area contributed by atoms with Crippen molar-refractivity contribution in [3.8, 4) is 0 Å². The number of carbonyl (C=O) groups excluding carboxylic acids is 1. The lowest BCUT2D eigenvalue weighted by Crippen LogP contribution is -2.39. The highest BCUT2D eigenvalue weighted by Crippen LogP contribution is 2.34. The Morgan fingerprint density at radius 3 is 2.47 bits per heavy atom. The van der Waals surface area contributed by atoms with Crippen molar-refractivity contribution in [1.82, 2.24) is 15.2 Å². The first kappa shape index (κ1) is 24.7. The summed E-state index contributed by atoms with van der Waals surface area (Å²) in [6.07, 6.45) is 1.83. The molecule has 0 saturated carbocycles. The van der Waals surface area contributed by atoms with Crippen LogP contribution in [0, 0.1) is 19.8 Å². The minimum Gasteiger partial charge on any atom is -0.395 e. The summed E-state index contributed by atoms with van der Waals surface area (Å²) < 4.78 is 27.6. The Hall–Kier alpha value is -2.39. The Bertz CT molecular complexity index is 1290. The molecule has 7 nitrogen and oxygen atoms in total. The number of likely N-dealkylation sites (tertiary alicyclic amines) is 1. The number of aromatic nitrogens is 1. The number of aliphatic hydroxyl groups is 1. The molecular weight excluding hydrogens is 474 g/mol. The lowest BCUT2D eigenvalue weighted by Gasteiger charge is -2.31. The molecule has 1 fully saturated rings. The van der Waals surface area contributed by atoms with Crippen molar-refractivity contribution in [2.24, 2.45) is 5.92 Å². The normalized spacial score (nSPS) is 15.6. The number of hydrogen-bond acceptors (Lipinski definition) is 5. The predicted octanol–water partition coefficient (Wildman–Crippen LogP) is 3.71. The maximum atomic E-state index is 13.8. The van der Waals surface area contributed by atoms with Crippen molar-refractivity contribution < 1.29 is 18.3 Å². The van der Waals surface area contributed by atoms with Crippen LogP contribution in [0.25, 0.3) is 10.9 Å². The Balaban J connectivity index is 1.65. The fourth-order valence-electron chi connectivity index (χ4n) is 4.67. The zero-order valence-electron chi connectivity index (χ0n) is 19.4. The average Bonchev–Trinajstić information content (AvgIpc) is 3.17. The van der Waals surface area contributed by atoms with E-state index in [1.165, 1.54) is 0 Å². The molecule has 1 aliphatic rings. The summed E-state index contributed by atoms with van der Waals surface area (Å²) in [6, 6.07) is 10.1. The first-order chi connectivity index (χ1) is 16.2. The highest BCUT2D eigenvalue weighted by Gasteiger charge is 2.30. The van der Waals surface area contributed by atoms with Gasteiger partial charge in [0, 0.05) is 29.0 Å². The second-order valence-corrected chi connectivity index (χ2v) is 11.4. The van der Waals surface area contributed by atoms with E-state index in [0.29, 0.717) is 34.9 Å². The summed E-state index contributed by atoms with van der Waals surface area (Å²) >= 11 is 6.19. The fourth-order valence-corrected chi connectivity index (χ4v) is 6.63. The first-order valence-corrected chi connectivity index (χ1v) is 13.3. The first-order valence-electron chi connectivity index (χ1n) is 11.4. The molecular formula is C25H30ClN3O4S. The van der Waals surface area contributed by atoms with E-state index < -0.39 is 15.7 Å². The van der Waals surface area contributed by atoms with Gasteiger partial charge in [0.05, 0.1) is 11.5 Å². The summed E-state index contributed by atoms with van der Waals surface area (Å²) in [5.41, 5.74) is 2.22. The monoisotopic (exact) mass is 503 g/mol. The van der Waals surface area contributed by atoms with Crippen LogP contribution in [0.15, 0.2) is 46.2 Å². The number of piperidine rings is 1. The van der Waals surface area contributed by atoms with Crippen molar-refractivity contribution in [3.05, 3.63) is 58.2 Å². The van der Waals surface area contributed by atoms with Gasteiger partial charge in [-0.05, 0) is 87.2 Å². The lowest BCUT2D eigenvalue weighted by molar-refractivity contribution is 0.0925. The van der Waals surface area contributed by atoms with E-state index in [0.717, 1.165) is 37.1 Å². The SMILES string of the molecule is Cc1cc(C)cc(S(=O)(=O)c2c(C(=O)NCC3CCN(CCO)CC3)[nH]c3ccc(Cl)cc23)c1. The second-order valence-electron chi connectivity index (χ2n) is 9.06. The van der Waals surface area contributed by atoms with Crippen LogP contribution in [-0.4, -0.2) is 62.1 Å². The van der Waals surface area contributed by atoms with Crippen molar-refractivity contribution in [3.63, 3.8) is 0 Å². The highest BCUT2D eigenvalue weighted by molar-refractivity contribution is 7.91. The number of rotatable bonds is 7. The zero-order chi connectivity index (χ0) is 24.5.